The van der Waals surface area contributed by atoms with Gasteiger partial charge in [-0.05, 0) is 18.2 Å². The molecule has 0 saturated carbocycles. The summed E-state index contributed by atoms with van der Waals surface area (Å²) < 4.78 is 21.1. The van der Waals surface area contributed by atoms with E-state index < -0.39 is 0 Å². The van der Waals surface area contributed by atoms with Crippen molar-refractivity contribution in [3.63, 3.8) is 0 Å². The van der Waals surface area contributed by atoms with Crippen LogP contribution in [0.15, 0.2) is 34.9 Å². The van der Waals surface area contributed by atoms with Crippen LogP contribution in [0.2, 0.25) is 0 Å². The summed E-state index contributed by atoms with van der Waals surface area (Å²) in [6, 6.07) is 7.67. The second-order valence-corrected chi connectivity index (χ2v) is 5.14. The number of hydrogen-bond acceptors (Lipinski definition) is 6. The molecule has 126 valence electrons. The fourth-order valence-electron chi connectivity index (χ4n) is 2.21. The summed E-state index contributed by atoms with van der Waals surface area (Å²) in [4.78, 5) is 6.79. The van der Waals surface area contributed by atoms with Crippen molar-refractivity contribution in [2.24, 2.45) is 0 Å². The third kappa shape index (κ3) is 5.35. The highest BCUT2D eigenvalue weighted by atomic mass is 16.5. The molecular weight excluding hydrogens is 296 g/mol. The maximum Gasteiger partial charge on any atom is 0.226 e. The van der Waals surface area contributed by atoms with Crippen LogP contribution in [0, 0.1) is 0 Å². The molecule has 0 aliphatic carbocycles. The number of benzene rings is 1. The number of oxazole rings is 1. The molecule has 2 rings (SSSR count). The lowest BCUT2D eigenvalue weighted by Crippen LogP contribution is -2.30. The van der Waals surface area contributed by atoms with Gasteiger partial charge in [-0.1, -0.05) is 6.07 Å². The van der Waals surface area contributed by atoms with Crippen molar-refractivity contribution in [2.75, 3.05) is 47.6 Å². The third-order valence-electron chi connectivity index (χ3n) is 3.48. The quantitative estimate of drug-likeness (QED) is 0.670. The van der Waals surface area contributed by atoms with E-state index in [4.69, 9.17) is 18.6 Å². The van der Waals surface area contributed by atoms with Gasteiger partial charge in [0, 0.05) is 39.4 Å². The number of aromatic nitrogens is 1. The summed E-state index contributed by atoms with van der Waals surface area (Å²) in [5.74, 6) is 1.38. The van der Waals surface area contributed by atoms with Gasteiger partial charge in [-0.2, -0.15) is 0 Å². The zero-order chi connectivity index (χ0) is 16.5. The molecule has 1 aromatic carbocycles. The molecule has 0 aliphatic rings. The van der Waals surface area contributed by atoms with E-state index >= 15 is 0 Å². The maximum absolute atomic E-state index is 5.60. The Morgan fingerprint density at radius 1 is 1.09 bits per heavy atom. The lowest BCUT2D eigenvalue weighted by atomic mass is 10.2. The van der Waals surface area contributed by atoms with E-state index in [9.17, 15) is 0 Å². The second kappa shape index (κ2) is 9.29. The largest absolute Gasteiger partial charge is 0.497 e. The minimum Gasteiger partial charge on any atom is -0.497 e. The fraction of sp³-hybridized carbons (Fsp3) is 0.471. The van der Waals surface area contributed by atoms with Crippen molar-refractivity contribution < 1.29 is 18.6 Å². The molecule has 1 heterocycles. The van der Waals surface area contributed by atoms with Crippen LogP contribution in [-0.2, 0) is 16.0 Å². The van der Waals surface area contributed by atoms with E-state index in [0.717, 1.165) is 30.1 Å². The number of hydrogen-bond donors (Lipinski definition) is 0. The Morgan fingerprint density at radius 2 is 1.83 bits per heavy atom. The van der Waals surface area contributed by atoms with Gasteiger partial charge in [0.1, 0.15) is 12.0 Å². The van der Waals surface area contributed by atoms with Gasteiger partial charge < -0.3 is 18.6 Å². The fourth-order valence-corrected chi connectivity index (χ4v) is 2.21. The van der Waals surface area contributed by atoms with Crippen LogP contribution in [-0.4, -0.2) is 57.5 Å². The van der Waals surface area contributed by atoms with Gasteiger partial charge in [0.2, 0.25) is 5.89 Å². The van der Waals surface area contributed by atoms with Crippen LogP contribution < -0.4 is 4.74 Å². The molecule has 1 aromatic heterocycles. The summed E-state index contributed by atoms with van der Waals surface area (Å²) in [7, 11) is 5.04. The molecule has 0 unspecified atom stereocenters. The first-order valence-corrected chi connectivity index (χ1v) is 7.56. The molecule has 0 spiro atoms. The molecular formula is C17H24N2O4. The van der Waals surface area contributed by atoms with Gasteiger partial charge in [-0.15, -0.1) is 0 Å². The van der Waals surface area contributed by atoms with Crippen LogP contribution in [0.4, 0.5) is 0 Å². The number of nitrogens with zero attached hydrogens (tertiary/aromatic N) is 2. The predicted octanol–water partition coefficient (Wildman–Crippen LogP) is 2.45. The van der Waals surface area contributed by atoms with E-state index in [1.54, 1.807) is 27.6 Å². The van der Waals surface area contributed by atoms with Gasteiger partial charge in [0.05, 0.1) is 26.0 Å². The Morgan fingerprint density at radius 3 is 2.48 bits per heavy atom. The van der Waals surface area contributed by atoms with Gasteiger partial charge >= 0.3 is 0 Å². The molecule has 0 atom stereocenters. The molecule has 6 heteroatoms. The normalized spacial score (nSPS) is 11.1. The molecule has 0 bridgehead atoms. The van der Waals surface area contributed by atoms with E-state index in [-0.39, 0.29) is 0 Å². The van der Waals surface area contributed by atoms with E-state index in [1.165, 1.54) is 0 Å². The van der Waals surface area contributed by atoms with Crippen molar-refractivity contribution in [1.29, 1.82) is 0 Å². The Kier molecular flexibility index (Phi) is 7.06. The Bertz CT molecular complexity index is 577. The molecule has 0 radical (unpaired) electrons. The van der Waals surface area contributed by atoms with Crippen molar-refractivity contribution >= 4 is 0 Å². The average molecular weight is 320 g/mol. The SMILES string of the molecule is COCCN(CCOC)Cc1coc(-c2cccc(OC)c2)n1. The van der Waals surface area contributed by atoms with Crippen molar-refractivity contribution in [3.8, 4) is 17.2 Å². The lowest BCUT2D eigenvalue weighted by Gasteiger charge is -2.20. The van der Waals surface area contributed by atoms with E-state index in [1.807, 2.05) is 24.3 Å². The highest BCUT2D eigenvalue weighted by Crippen LogP contribution is 2.23. The number of ether oxygens (including phenoxy) is 3. The Hall–Kier alpha value is -1.89. The minimum absolute atomic E-state index is 0.595. The average Bonchev–Trinajstić information content (AvgIpc) is 3.06. The monoisotopic (exact) mass is 320 g/mol. The van der Waals surface area contributed by atoms with Gasteiger partial charge in [-0.3, -0.25) is 4.90 Å². The van der Waals surface area contributed by atoms with Crippen molar-refractivity contribution in [2.45, 2.75) is 6.54 Å². The van der Waals surface area contributed by atoms with Crippen molar-refractivity contribution in [3.05, 3.63) is 36.2 Å². The summed E-state index contributed by atoms with van der Waals surface area (Å²) in [6.45, 7) is 3.68. The predicted molar refractivity (Wildman–Crippen MR) is 87.5 cm³/mol. The van der Waals surface area contributed by atoms with Gasteiger partial charge in [0.15, 0.2) is 0 Å². The molecule has 0 fully saturated rings. The van der Waals surface area contributed by atoms with E-state index in [2.05, 4.69) is 9.88 Å². The molecule has 0 N–H and O–H groups in total. The third-order valence-corrected chi connectivity index (χ3v) is 3.48. The minimum atomic E-state index is 0.595. The van der Waals surface area contributed by atoms with Crippen molar-refractivity contribution in [1.82, 2.24) is 9.88 Å². The van der Waals surface area contributed by atoms with Gasteiger partial charge in [-0.25, -0.2) is 4.98 Å². The molecule has 0 amide bonds. The lowest BCUT2D eigenvalue weighted by molar-refractivity contribution is 0.109. The molecule has 23 heavy (non-hydrogen) atoms. The summed E-state index contributed by atoms with van der Waals surface area (Å²) in [5, 5.41) is 0. The molecule has 6 nitrogen and oxygen atoms in total. The summed E-state index contributed by atoms with van der Waals surface area (Å²) in [6.07, 6.45) is 1.70. The van der Waals surface area contributed by atoms with Gasteiger partial charge in [0.25, 0.3) is 0 Å². The smallest absolute Gasteiger partial charge is 0.226 e. The zero-order valence-electron chi connectivity index (χ0n) is 13.9. The first-order valence-electron chi connectivity index (χ1n) is 7.56. The summed E-state index contributed by atoms with van der Waals surface area (Å²) in [5.41, 5.74) is 1.78. The van der Waals surface area contributed by atoms with Crippen LogP contribution in [0.25, 0.3) is 11.5 Å². The molecule has 2 aromatic rings. The Labute approximate surface area is 137 Å². The maximum atomic E-state index is 5.60. The van der Waals surface area contributed by atoms with Crippen LogP contribution >= 0.6 is 0 Å². The summed E-state index contributed by atoms with van der Waals surface area (Å²) >= 11 is 0. The first-order chi connectivity index (χ1) is 11.3. The number of rotatable bonds is 10. The van der Waals surface area contributed by atoms with E-state index in [0.29, 0.717) is 25.6 Å². The highest BCUT2D eigenvalue weighted by molar-refractivity contribution is 5.55. The van der Waals surface area contributed by atoms with Crippen LogP contribution in [0.3, 0.4) is 0 Å². The van der Waals surface area contributed by atoms with Crippen LogP contribution in [0.1, 0.15) is 5.69 Å². The topological polar surface area (TPSA) is 57.0 Å². The van der Waals surface area contributed by atoms with Crippen LogP contribution in [0.5, 0.6) is 5.75 Å². The standard InChI is InChI=1S/C17H24N2O4/c1-20-9-7-19(8-10-21-2)12-15-13-23-17(18-15)14-5-4-6-16(11-14)22-3/h4-6,11,13H,7-10,12H2,1-3H3. The molecule has 0 aliphatic heterocycles. The number of methoxy groups -OCH3 is 3. The molecule has 0 saturated heterocycles. The zero-order valence-corrected chi connectivity index (χ0v) is 13.9. The first kappa shape index (κ1) is 17.5. The second-order valence-electron chi connectivity index (χ2n) is 5.14. The highest BCUT2D eigenvalue weighted by Gasteiger charge is 2.11. The Balaban J connectivity index is 2.04.